The van der Waals surface area contributed by atoms with E-state index >= 15 is 0 Å². The summed E-state index contributed by atoms with van der Waals surface area (Å²) in [5.74, 6) is 1.81. The van der Waals surface area contributed by atoms with Gasteiger partial charge in [0.2, 0.25) is 0 Å². The molecule has 1 aliphatic rings. The maximum atomic E-state index is 9.32. The van der Waals surface area contributed by atoms with Crippen molar-refractivity contribution in [2.24, 2.45) is 5.41 Å². The number of para-hydroxylation sites is 2. The molecule has 0 fully saturated rings. The number of hydrogen-bond donors (Lipinski definition) is 0. The van der Waals surface area contributed by atoms with Crippen LogP contribution in [0.25, 0.3) is 72.3 Å². The Bertz CT molecular complexity index is 4170. The third-order valence-electron chi connectivity index (χ3n) is 15.1. The first kappa shape index (κ1) is 33.8. The van der Waals surface area contributed by atoms with Crippen molar-refractivity contribution in [2.75, 3.05) is 0 Å². The molecule has 0 radical (unpaired) electrons. The van der Waals surface area contributed by atoms with Crippen LogP contribution in [0.3, 0.4) is 0 Å². The molecule has 0 unspecified atom stereocenters. The Labute approximate surface area is 424 Å². The summed E-state index contributed by atoms with van der Waals surface area (Å²) in [6.07, 6.45) is 5.21. The van der Waals surface area contributed by atoms with Crippen LogP contribution in [0, 0.1) is 16.1 Å². The van der Waals surface area contributed by atoms with E-state index in [1.807, 2.05) is 78.6 Å². The fourth-order valence-corrected chi connectivity index (χ4v) is 11.5. The van der Waals surface area contributed by atoms with Crippen molar-refractivity contribution >= 4 is 32.8 Å². The van der Waals surface area contributed by atoms with Gasteiger partial charge in [0.25, 0.3) is 0 Å². The van der Waals surface area contributed by atoms with E-state index in [9.17, 15) is 5.48 Å². The van der Waals surface area contributed by atoms with Gasteiger partial charge in [0.05, 0.1) is 0 Å². The molecule has 6 aromatic carbocycles. The van der Waals surface area contributed by atoms with Crippen LogP contribution < -0.4 is 4.74 Å². The van der Waals surface area contributed by atoms with Crippen LogP contribution in [0.1, 0.15) is 98.3 Å². The predicted molar refractivity (Wildman–Crippen MR) is 276 cm³/mol. The first-order valence-corrected chi connectivity index (χ1v) is 23.9. The zero-order valence-electron chi connectivity index (χ0n) is 49.8. The number of benzene rings is 6. The molecule has 6 nitrogen and oxygen atoms in total. The second kappa shape index (κ2) is 15.7. The van der Waals surface area contributed by atoms with Crippen LogP contribution >= 0.6 is 0 Å². The van der Waals surface area contributed by atoms with Crippen molar-refractivity contribution in [1.82, 2.24) is 23.7 Å². The average Bonchev–Trinajstić information content (AvgIpc) is 3.70. The van der Waals surface area contributed by atoms with Gasteiger partial charge in [-0.3, -0.25) is 0 Å². The van der Waals surface area contributed by atoms with Gasteiger partial charge in [-0.25, -0.2) is 0 Å². The minimum atomic E-state index is -0.634. The van der Waals surface area contributed by atoms with Crippen molar-refractivity contribution < 1.29 is 37.8 Å². The molecule has 11 rings (SSSR count). The van der Waals surface area contributed by atoms with E-state index in [1.54, 1.807) is 24.5 Å². The maximum absolute atomic E-state index is 9.32. The molecule has 4 aromatic heterocycles. The Morgan fingerprint density at radius 3 is 1.90 bits per heavy atom. The van der Waals surface area contributed by atoms with Gasteiger partial charge in [0, 0.05) is 6.20 Å². The van der Waals surface area contributed by atoms with E-state index in [2.05, 4.69) is 103 Å². The minimum absolute atomic E-state index is 0.0808. The third-order valence-corrected chi connectivity index (χ3v) is 16.1. The Balaban J connectivity index is 1.14. The van der Waals surface area contributed by atoms with Crippen LogP contribution in [0.2, 0.25) is 0 Å². The van der Waals surface area contributed by atoms with Gasteiger partial charge in [0.15, 0.2) is 0 Å². The van der Waals surface area contributed by atoms with E-state index < -0.39 is 65.8 Å². The van der Waals surface area contributed by atoms with E-state index in [0.717, 1.165) is 33.2 Å². The van der Waals surface area contributed by atoms with Crippen molar-refractivity contribution in [3.8, 4) is 50.9 Å². The molecule has 4 heterocycles. The van der Waals surface area contributed by atoms with Crippen LogP contribution in [0.15, 0.2) is 164 Å². The van der Waals surface area contributed by atoms with Gasteiger partial charge in [-0.2, -0.15) is 0 Å². The topological polar surface area (TPSA) is 49.8 Å². The fourth-order valence-electron chi connectivity index (χ4n) is 10.4. The SMILES string of the molecule is [2H]c1c([2H])c([2H])c(-c2cc(C(C)(C)C)cc(-c3c([2H])c([2H])c([2H])c([2H])c3[2H])c2-n2[c](=[Pt])n(-c3cncc(Oc4ccc5c6ccc7c(c6n(-c6cc(C)ccn6)c5c4)C(C)(C)C(C)(C)C7(C)C)c3)c3ccccc32)c([2H])c1[2H]. The first-order chi connectivity index (χ1) is 36.6. The van der Waals surface area contributed by atoms with Crippen molar-refractivity contribution in [3.63, 3.8) is 0 Å². The third kappa shape index (κ3) is 6.65. The summed E-state index contributed by atoms with van der Waals surface area (Å²) in [7, 11) is 0. The first-order valence-electron chi connectivity index (χ1n) is 27.8. The molecular weight excluding hydrogens is 1010 g/mol. The molecule has 0 N–H and O–H groups in total. The summed E-state index contributed by atoms with van der Waals surface area (Å²) in [6, 6.07) is 22.7. The van der Waals surface area contributed by atoms with E-state index in [0.29, 0.717) is 37.6 Å². The van der Waals surface area contributed by atoms with Crippen molar-refractivity contribution in [3.05, 3.63) is 190 Å². The molecular formula is C61H57N5OPt. The van der Waals surface area contributed by atoms with Gasteiger partial charge in [-0.1, -0.05) is 47.6 Å². The van der Waals surface area contributed by atoms with Crippen molar-refractivity contribution in [2.45, 2.75) is 85.5 Å². The summed E-state index contributed by atoms with van der Waals surface area (Å²) in [6.45, 7) is 22.1. The second-order valence-electron chi connectivity index (χ2n) is 20.5. The molecule has 0 atom stereocenters. The van der Waals surface area contributed by atoms with E-state index in [-0.39, 0.29) is 44.2 Å². The Morgan fingerprint density at radius 1 is 0.632 bits per heavy atom. The van der Waals surface area contributed by atoms with Crippen LogP contribution in [0.5, 0.6) is 11.5 Å². The second-order valence-corrected chi connectivity index (χ2v) is 21.5. The van der Waals surface area contributed by atoms with Gasteiger partial charge >= 0.3 is 332 Å². The number of fused-ring (bicyclic) bond motifs is 6. The molecule has 342 valence electrons. The molecule has 0 aliphatic heterocycles. The number of ether oxygens (including phenoxy) is 1. The summed E-state index contributed by atoms with van der Waals surface area (Å²) in [5.41, 5.74) is 7.70. The van der Waals surface area contributed by atoms with Crippen LogP contribution in [-0.4, -0.2) is 23.7 Å². The molecule has 68 heavy (non-hydrogen) atoms. The Morgan fingerprint density at radius 2 is 1.26 bits per heavy atom. The molecule has 0 amide bonds. The van der Waals surface area contributed by atoms with Gasteiger partial charge < -0.3 is 0 Å². The average molecular weight is 1080 g/mol. The quantitative estimate of drug-likeness (QED) is 0.160. The summed E-state index contributed by atoms with van der Waals surface area (Å²) in [5, 5.41) is 2.19. The summed E-state index contributed by atoms with van der Waals surface area (Å²) in [4.78, 5) is 9.69. The van der Waals surface area contributed by atoms with Crippen LogP contribution in [0.4, 0.5) is 0 Å². The molecule has 0 saturated carbocycles. The predicted octanol–water partition coefficient (Wildman–Crippen LogP) is 15.7. The number of pyridine rings is 2. The molecule has 1 aliphatic carbocycles. The van der Waals surface area contributed by atoms with Crippen molar-refractivity contribution in [1.29, 1.82) is 0 Å². The summed E-state index contributed by atoms with van der Waals surface area (Å²) >= 11 is 2.18. The molecule has 0 bridgehead atoms. The number of rotatable bonds is 7. The van der Waals surface area contributed by atoms with Crippen LogP contribution in [-0.2, 0) is 35.6 Å². The van der Waals surface area contributed by atoms with Gasteiger partial charge in [-0.15, -0.1) is 0 Å². The normalized spacial score (nSPS) is 17.1. The Hall–Kier alpha value is -6.62. The zero-order valence-corrected chi connectivity index (χ0v) is 42.0. The zero-order chi connectivity index (χ0) is 56.2. The van der Waals surface area contributed by atoms with Gasteiger partial charge in [0.1, 0.15) is 0 Å². The number of aryl methyl sites for hydroxylation is 1. The molecule has 0 spiro atoms. The fraction of sp³-hybridized carbons (Fsp3) is 0.230. The number of aromatic nitrogens is 5. The number of hydrogen-bond acceptors (Lipinski definition) is 3. The monoisotopic (exact) mass is 1080 g/mol. The van der Waals surface area contributed by atoms with E-state index in [1.165, 1.54) is 11.1 Å². The number of nitrogens with zero attached hydrogens (tertiary/aromatic N) is 5. The molecule has 0 saturated heterocycles. The Kier molecular flexibility index (Phi) is 7.81. The van der Waals surface area contributed by atoms with E-state index in [4.69, 9.17) is 22.9 Å². The summed E-state index contributed by atoms with van der Waals surface area (Å²) < 4.78 is 103. The molecule has 10 aromatic rings. The number of imidazole rings is 1. The molecule has 7 heteroatoms. The standard InChI is InChI=1S/C61H57N5O.Pt/c1-39-29-30-63-54(31-39)66-53-35-44(25-26-46(53)47-27-28-50-55(57(47)66)60(7,8)61(9,10)59(50,5)6)67-45-34-43(36-62-37-45)64-38-65(52-24-18-17-23-51(52)64)56-48(40-19-13-11-14-20-40)32-42(58(2,3)4)33-49(56)41-21-15-12-16-22-41;/h11-37H,1-10H3;/i11D,12D,13D,14D,15D,16D,19D,20D,21D,22D;. The van der Waals surface area contributed by atoms with Gasteiger partial charge in [-0.05, 0) is 40.4 Å².